The number of hydrogen-bond donors (Lipinski definition) is 3. The molecular formula is C23H40N2O2S. The molecule has 0 bridgehead atoms. The fraction of sp³-hybridized carbons (Fsp3) is 0.609. The Labute approximate surface area is 176 Å². The zero-order valence-corrected chi connectivity index (χ0v) is 19.8. The van der Waals surface area contributed by atoms with Gasteiger partial charge in [0.15, 0.2) is 0 Å². The lowest BCUT2D eigenvalue weighted by molar-refractivity contribution is 0.168. The van der Waals surface area contributed by atoms with E-state index >= 15 is 0 Å². The first-order valence-electron chi connectivity index (χ1n) is 10.5. The van der Waals surface area contributed by atoms with E-state index in [9.17, 15) is 10.2 Å². The zero-order valence-electron chi connectivity index (χ0n) is 19.0. The molecule has 0 saturated heterocycles. The highest BCUT2D eigenvalue weighted by Gasteiger charge is 2.23. The summed E-state index contributed by atoms with van der Waals surface area (Å²) in [5, 5.41) is 23.4. The molecule has 3 N–H and O–H groups in total. The number of aliphatic hydroxyl groups is 2. The number of benzene rings is 1. The van der Waals surface area contributed by atoms with Gasteiger partial charge in [-0.3, -0.25) is 0 Å². The quantitative estimate of drug-likeness (QED) is 0.596. The smallest absolute Gasteiger partial charge is 0.124 e. The van der Waals surface area contributed by atoms with E-state index < -0.39 is 6.10 Å². The number of thiazole rings is 1. The van der Waals surface area contributed by atoms with Gasteiger partial charge in [-0.1, -0.05) is 78.6 Å². The second-order valence-electron chi connectivity index (χ2n) is 6.60. The van der Waals surface area contributed by atoms with E-state index in [1.165, 1.54) is 17.8 Å². The molecule has 3 rings (SSSR count). The van der Waals surface area contributed by atoms with Crippen molar-refractivity contribution in [3.05, 3.63) is 39.9 Å². The van der Waals surface area contributed by atoms with Gasteiger partial charge in [-0.2, -0.15) is 0 Å². The minimum absolute atomic E-state index is 0.00205. The summed E-state index contributed by atoms with van der Waals surface area (Å²) >= 11 is 1.52. The van der Waals surface area contributed by atoms with Crippen LogP contribution in [0.5, 0.6) is 0 Å². The van der Waals surface area contributed by atoms with Crippen molar-refractivity contribution >= 4 is 11.3 Å². The Morgan fingerprint density at radius 1 is 1.21 bits per heavy atom. The molecule has 1 aromatic carbocycles. The first-order valence-corrected chi connectivity index (χ1v) is 11.4. The molecule has 160 valence electrons. The van der Waals surface area contributed by atoms with Gasteiger partial charge in [0.1, 0.15) is 11.1 Å². The van der Waals surface area contributed by atoms with Crippen molar-refractivity contribution in [3.63, 3.8) is 0 Å². The molecule has 4 nitrogen and oxygen atoms in total. The summed E-state index contributed by atoms with van der Waals surface area (Å²) in [7, 11) is 0. The first-order chi connectivity index (χ1) is 13.5. The molecule has 2 aromatic rings. The minimum atomic E-state index is -0.474. The van der Waals surface area contributed by atoms with Crippen molar-refractivity contribution in [1.82, 2.24) is 10.3 Å². The summed E-state index contributed by atoms with van der Waals surface area (Å²) in [4.78, 5) is 5.54. The van der Waals surface area contributed by atoms with Crippen LogP contribution in [0.3, 0.4) is 0 Å². The molecule has 1 aliphatic rings. The second kappa shape index (κ2) is 14.7. The number of aromatic nitrogens is 1. The Kier molecular flexibility index (Phi) is 14.0. The van der Waals surface area contributed by atoms with E-state index in [-0.39, 0.29) is 6.61 Å². The van der Waals surface area contributed by atoms with E-state index in [4.69, 9.17) is 0 Å². The Balaban J connectivity index is 0.000000698. The molecule has 0 amide bonds. The molecule has 0 spiro atoms. The van der Waals surface area contributed by atoms with Gasteiger partial charge in [-0.15, -0.1) is 11.3 Å². The Morgan fingerprint density at radius 3 is 2.32 bits per heavy atom. The Hall–Kier alpha value is -1.27. The average Bonchev–Trinajstić information content (AvgIpc) is 3.16. The predicted molar refractivity (Wildman–Crippen MR) is 123 cm³/mol. The maximum atomic E-state index is 9.95. The topological polar surface area (TPSA) is 65.4 Å². The summed E-state index contributed by atoms with van der Waals surface area (Å²) in [6.45, 7) is 17.9. The fourth-order valence-corrected chi connectivity index (χ4v) is 3.48. The molecule has 1 unspecified atom stereocenters. The number of nitrogens with zero attached hydrogens (tertiary/aromatic N) is 1. The third-order valence-corrected chi connectivity index (χ3v) is 5.37. The third-order valence-electron chi connectivity index (χ3n) is 4.14. The van der Waals surface area contributed by atoms with Gasteiger partial charge < -0.3 is 15.5 Å². The standard InChI is InChI=1S/C14H16N2O2S.C5H12.2C2H6/c1-8-2-3-10(9(4-8)7-17)14-16-11-5-15-6-12(18)13(11)19-14;1-4-5(2)3;2*1-2/h2-4,12,15,17-18H,5-7H2,1H3;5H,4H2,1-3H3;2*1-2H3. The van der Waals surface area contributed by atoms with Gasteiger partial charge in [-0.05, 0) is 18.4 Å². The third kappa shape index (κ3) is 8.00. The molecular weight excluding hydrogens is 368 g/mol. The monoisotopic (exact) mass is 408 g/mol. The van der Waals surface area contributed by atoms with Crippen molar-refractivity contribution in [2.45, 2.75) is 81.1 Å². The highest BCUT2D eigenvalue weighted by atomic mass is 32.1. The van der Waals surface area contributed by atoms with Crippen LogP contribution in [0.15, 0.2) is 18.2 Å². The second-order valence-corrected chi connectivity index (χ2v) is 7.63. The number of hydrogen-bond acceptors (Lipinski definition) is 5. The molecule has 1 aromatic heterocycles. The van der Waals surface area contributed by atoms with E-state index in [0.717, 1.165) is 38.2 Å². The van der Waals surface area contributed by atoms with Crippen LogP contribution < -0.4 is 5.32 Å². The summed E-state index contributed by atoms with van der Waals surface area (Å²) in [6.07, 6.45) is 0.832. The first kappa shape index (κ1) is 26.7. The largest absolute Gasteiger partial charge is 0.392 e. The average molecular weight is 409 g/mol. The maximum absolute atomic E-state index is 9.95. The number of rotatable bonds is 3. The number of aryl methyl sites for hydroxylation is 1. The number of nitrogens with one attached hydrogen (secondary N) is 1. The van der Waals surface area contributed by atoms with Crippen molar-refractivity contribution in [1.29, 1.82) is 0 Å². The summed E-state index contributed by atoms with van der Waals surface area (Å²) in [5.74, 6) is 0.884. The maximum Gasteiger partial charge on any atom is 0.124 e. The van der Waals surface area contributed by atoms with Gasteiger partial charge in [0.05, 0.1) is 17.2 Å². The lowest BCUT2D eigenvalue weighted by Crippen LogP contribution is -2.26. The van der Waals surface area contributed by atoms with Crippen LogP contribution >= 0.6 is 11.3 Å². The molecule has 0 aliphatic carbocycles. The van der Waals surface area contributed by atoms with Gasteiger partial charge >= 0.3 is 0 Å². The lowest BCUT2D eigenvalue weighted by atomic mass is 10.1. The van der Waals surface area contributed by atoms with Crippen LogP contribution in [0, 0.1) is 12.8 Å². The highest BCUT2D eigenvalue weighted by molar-refractivity contribution is 7.15. The van der Waals surface area contributed by atoms with Crippen molar-refractivity contribution < 1.29 is 10.2 Å². The minimum Gasteiger partial charge on any atom is -0.392 e. The molecule has 0 fully saturated rings. The Morgan fingerprint density at radius 2 is 1.82 bits per heavy atom. The van der Waals surface area contributed by atoms with E-state index in [1.54, 1.807) is 0 Å². The Bertz CT molecular complexity index is 669. The molecule has 2 heterocycles. The highest BCUT2D eigenvalue weighted by Crippen LogP contribution is 2.35. The molecule has 1 atom stereocenters. The molecule has 1 aliphatic heterocycles. The van der Waals surface area contributed by atoms with Gasteiger partial charge in [0.2, 0.25) is 0 Å². The number of aliphatic hydroxyl groups excluding tert-OH is 2. The van der Waals surface area contributed by atoms with Crippen LogP contribution in [0.1, 0.15) is 82.7 Å². The zero-order chi connectivity index (χ0) is 21.7. The van der Waals surface area contributed by atoms with Gasteiger partial charge in [-0.25, -0.2) is 4.98 Å². The summed E-state index contributed by atoms with van der Waals surface area (Å²) in [5.41, 5.74) is 3.88. The summed E-state index contributed by atoms with van der Waals surface area (Å²) < 4.78 is 0. The van der Waals surface area contributed by atoms with Gasteiger partial charge in [0.25, 0.3) is 0 Å². The molecule has 0 radical (unpaired) electrons. The normalized spacial score (nSPS) is 14.6. The van der Waals surface area contributed by atoms with Crippen LogP contribution in [-0.2, 0) is 13.2 Å². The predicted octanol–water partition coefficient (Wildman–Crippen LogP) is 5.85. The number of fused-ring (bicyclic) bond motifs is 1. The van der Waals surface area contributed by atoms with Gasteiger partial charge in [0, 0.05) is 18.7 Å². The van der Waals surface area contributed by atoms with E-state index in [1.807, 2.05) is 52.8 Å². The van der Waals surface area contributed by atoms with Crippen molar-refractivity contribution in [3.8, 4) is 10.6 Å². The molecule has 5 heteroatoms. The SMILES string of the molecule is CC.CC.CCC(C)C.Cc1ccc(-c2nc3c(s2)C(O)CNC3)c(CO)c1. The molecule has 0 saturated carbocycles. The van der Waals surface area contributed by atoms with Crippen LogP contribution in [0.2, 0.25) is 0 Å². The molecule has 28 heavy (non-hydrogen) atoms. The summed E-state index contributed by atoms with van der Waals surface area (Å²) in [6, 6.07) is 5.99. The van der Waals surface area contributed by atoms with Crippen LogP contribution in [0.25, 0.3) is 10.6 Å². The van der Waals surface area contributed by atoms with Crippen LogP contribution in [0.4, 0.5) is 0 Å². The van der Waals surface area contributed by atoms with Crippen molar-refractivity contribution in [2.75, 3.05) is 6.54 Å². The number of β-amino-alcohol motifs (C(OH)–C–C–N with tert-alkyl or cyclic N) is 1. The van der Waals surface area contributed by atoms with E-state index in [2.05, 4.69) is 31.1 Å². The van der Waals surface area contributed by atoms with Crippen LogP contribution in [-0.4, -0.2) is 21.7 Å². The lowest BCUT2D eigenvalue weighted by Gasteiger charge is -2.16. The van der Waals surface area contributed by atoms with Crippen molar-refractivity contribution in [2.24, 2.45) is 5.92 Å². The fourth-order valence-electron chi connectivity index (χ4n) is 2.35. The van der Waals surface area contributed by atoms with E-state index in [0.29, 0.717) is 13.1 Å².